The summed E-state index contributed by atoms with van der Waals surface area (Å²) >= 11 is 0. The number of carboxylic acids is 2. The average molecular weight is 545 g/mol. The Kier molecular flexibility index (Phi) is 106. The molecule has 0 spiro atoms. The topological polar surface area (TPSA) is 317 Å². The van der Waals surface area contributed by atoms with Crippen LogP contribution in [-0.2, 0) is 9.59 Å². The van der Waals surface area contributed by atoms with Crippen molar-refractivity contribution in [3.63, 3.8) is 0 Å². The molecule has 0 saturated heterocycles. The van der Waals surface area contributed by atoms with E-state index in [9.17, 15) is 9.59 Å². The number of aliphatic carboxylic acids is 2. The van der Waals surface area contributed by atoms with Crippen molar-refractivity contribution >= 4 is 11.9 Å². The predicted octanol–water partition coefficient (Wildman–Crippen LogP) is -4.88. The van der Waals surface area contributed by atoms with E-state index >= 15 is 0 Å². The predicted molar refractivity (Wildman–Crippen MR) is 130 cm³/mol. The monoisotopic (exact) mass is 544 g/mol. The molecule has 36 heavy (non-hydrogen) atoms. The van der Waals surface area contributed by atoms with Gasteiger partial charge in [0.15, 0.2) is 0 Å². The number of hydrogen-bond donors (Lipinski definition) is 14. The van der Waals surface area contributed by atoms with E-state index < -0.39 is 11.9 Å². The number of carboxylic acid groups (broad SMARTS) is 2. The second-order valence-electron chi connectivity index (χ2n) is 4.85. The zero-order chi connectivity index (χ0) is 30.8. The number of carbonyl (C=O) groups is 2. The normalized spacial score (nSPS) is 7.50. The van der Waals surface area contributed by atoms with Gasteiger partial charge in [-0.05, 0) is 13.8 Å². The minimum atomic E-state index is -0.935. The number of aliphatic hydroxyl groups excluding tert-OH is 12. The molecule has 0 aliphatic rings. The molecule has 0 radical (unpaired) electrons. The lowest BCUT2D eigenvalue weighted by Gasteiger charge is -1.79. The van der Waals surface area contributed by atoms with Crippen LogP contribution < -0.4 is 0 Å². The van der Waals surface area contributed by atoms with Crippen molar-refractivity contribution in [2.75, 3.05) is 79.3 Å². The SMILES string of the molecule is C=C(C)C(=O)O.C=C(C)C(=O)O.OCCO.OCCO.OCCO.OCCO.OCCO.OCCO. The molecule has 0 saturated carbocycles. The zero-order valence-electron chi connectivity index (χ0n) is 21.0. The highest BCUT2D eigenvalue weighted by molar-refractivity contribution is 5.85. The van der Waals surface area contributed by atoms with Crippen LogP contribution in [0.1, 0.15) is 13.8 Å². The fourth-order valence-electron chi connectivity index (χ4n) is 0. The maximum absolute atomic E-state index is 9.60. The lowest BCUT2D eigenvalue weighted by Crippen LogP contribution is -1.92. The van der Waals surface area contributed by atoms with Crippen LogP contribution in [0.3, 0.4) is 0 Å². The van der Waals surface area contributed by atoms with Crippen LogP contribution in [-0.4, -0.2) is 163 Å². The summed E-state index contributed by atoms with van der Waals surface area (Å²) in [5, 5.41) is 107. The molecular weight excluding hydrogens is 496 g/mol. The molecule has 14 N–H and O–H groups in total. The summed E-state index contributed by atoms with van der Waals surface area (Å²) in [6.45, 7) is 7.70. The first-order chi connectivity index (χ1) is 16.8. The Morgan fingerprint density at radius 1 is 0.389 bits per heavy atom. The zero-order valence-corrected chi connectivity index (χ0v) is 21.0. The van der Waals surface area contributed by atoms with E-state index in [1.54, 1.807) is 0 Å². The van der Waals surface area contributed by atoms with Crippen LogP contribution in [0.15, 0.2) is 24.3 Å². The van der Waals surface area contributed by atoms with Crippen LogP contribution in [0.4, 0.5) is 0 Å². The van der Waals surface area contributed by atoms with Gasteiger partial charge in [0.25, 0.3) is 0 Å². The highest BCUT2D eigenvalue weighted by Gasteiger charge is 1.90. The van der Waals surface area contributed by atoms with E-state index in [0.29, 0.717) is 0 Å². The third-order valence-electron chi connectivity index (χ3n) is 1.33. The first-order valence-corrected chi connectivity index (χ1v) is 9.86. The first-order valence-electron chi connectivity index (χ1n) is 9.86. The van der Waals surface area contributed by atoms with E-state index in [4.69, 9.17) is 71.5 Å². The molecule has 0 amide bonds. The first kappa shape index (κ1) is 54.7. The van der Waals surface area contributed by atoms with Crippen molar-refractivity contribution in [2.45, 2.75) is 13.8 Å². The minimum absolute atomic E-state index is 0.125. The fraction of sp³-hybridized carbons (Fsp3) is 0.700. The molecule has 0 aromatic rings. The van der Waals surface area contributed by atoms with Gasteiger partial charge in [0.05, 0.1) is 79.3 Å². The number of rotatable bonds is 8. The number of hydrogen-bond acceptors (Lipinski definition) is 14. The summed E-state index contributed by atoms with van der Waals surface area (Å²) in [6, 6.07) is 0. The molecule has 0 heterocycles. The maximum atomic E-state index is 9.60. The standard InChI is InChI=1S/2C4H6O2.6C2H6O2/c2*1-3(2)4(5)6;6*3-1-2-4/h2*1H2,2H3,(H,5,6);6*3-4H,1-2H2. The second kappa shape index (κ2) is 69.8. The Morgan fingerprint density at radius 3 is 0.444 bits per heavy atom. The van der Waals surface area contributed by atoms with Gasteiger partial charge in [-0.15, -0.1) is 0 Å². The van der Waals surface area contributed by atoms with Gasteiger partial charge >= 0.3 is 11.9 Å². The molecule has 0 aromatic heterocycles. The molecule has 0 aromatic carbocycles. The van der Waals surface area contributed by atoms with E-state index in [2.05, 4.69) is 13.2 Å². The molecule has 224 valence electrons. The Morgan fingerprint density at radius 2 is 0.444 bits per heavy atom. The van der Waals surface area contributed by atoms with Gasteiger partial charge in [0, 0.05) is 11.1 Å². The van der Waals surface area contributed by atoms with Gasteiger partial charge in [-0.2, -0.15) is 0 Å². The fourth-order valence-corrected chi connectivity index (χ4v) is 0. The molecule has 16 heteroatoms. The van der Waals surface area contributed by atoms with Crippen molar-refractivity contribution in [1.82, 2.24) is 0 Å². The third kappa shape index (κ3) is 214. The number of aliphatic hydroxyl groups is 12. The van der Waals surface area contributed by atoms with E-state index in [-0.39, 0.29) is 90.4 Å². The molecular formula is C20H48O16. The third-order valence-corrected chi connectivity index (χ3v) is 1.33. The lowest BCUT2D eigenvalue weighted by atomic mass is 10.4. The van der Waals surface area contributed by atoms with Crippen molar-refractivity contribution < 1.29 is 81.1 Å². The average Bonchev–Trinajstić information content (AvgIpc) is 2.89. The Balaban J connectivity index is -0.0000000418. The van der Waals surface area contributed by atoms with Crippen LogP contribution in [0.2, 0.25) is 0 Å². The second-order valence-corrected chi connectivity index (χ2v) is 4.85. The van der Waals surface area contributed by atoms with Crippen molar-refractivity contribution in [2.24, 2.45) is 0 Å². The molecule has 0 bridgehead atoms. The molecule has 0 aliphatic carbocycles. The highest BCUT2D eigenvalue weighted by atomic mass is 16.4. The maximum Gasteiger partial charge on any atom is 0.330 e. The van der Waals surface area contributed by atoms with Gasteiger partial charge in [-0.25, -0.2) is 9.59 Å². The van der Waals surface area contributed by atoms with E-state index in [0.717, 1.165) is 0 Å². The Hall–Kier alpha value is -2.06. The summed E-state index contributed by atoms with van der Waals surface area (Å²) in [6.07, 6.45) is 0. The lowest BCUT2D eigenvalue weighted by molar-refractivity contribution is -0.133. The Bertz CT molecular complexity index is 301. The van der Waals surface area contributed by atoms with Crippen LogP contribution in [0.5, 0.6) is 0 Å². The molecule has 0 atom stereocenters. The van der Waals surface area contributed by atoms with Gasteiger partial charge in [-0.3, -0.25) is 0 Å². The molecule has 0 fully saturated rings. The summed E-state index contributed by atoms with van der Waals surface area (Å²) in [5.74, 6) is -1.87. The van der Waals surface area contributed by atoms with Crippen molar-refractivity contribution in [1.29, 1.82) is 0 Å². The molecule has 0 unspecified atom stereocenters. The molecule has 0 rings (SSSR count). The quantitative estimate of drug-likeness (QED) is 0.127. The van der Waals surface area contributed by atoms with Gasteiger partial charge in [0.1, 0.15) is 0 Å². The van der Waals surface area contributed by atoms with Crippen LogP contribution in [0, 0.1) is 0 Å². The summed E-state index contributed by atoms with van der Waals surface area (Å²) < 4.78 is 0. The molecule has 16 nitrogen and oxygen atoms in total. The Labute approximate surface area is 211 Å². The van der Waals surface area contributed by atoms with Crippen molar-refractivity contribution in [3.05, 3.63) is 24.3 Å². The van der Waals surface area contributed by atoms with Gasteiger partial charge in [-0.1, -0.05) is 13.2 Å². The summed E-state index contributed by atoms with van der Waals surface area (Å²) in [5.41, 5.74) is 0.352. The van der Waals surface area contributed by atoms with Crippen LogP contribution >= 0.6 is 0 Å². The smallest absolute Gasteiger partial charge is 0.330 e. The van der Waals surface area contributed by atoms with Crippen LogP contribution in [0.25, 0.3) is 0 Å². The van der Waals surface area contributed by atoms with Gasteiger partial charge in [0.2, 0.25) is 0 Å². The summed E-state index contributed by atoms with van der Waals surface area (Å²) in [4.78, 5) is 19.2. The largest absolute Gasteiger partial charge is 0.478 e. The van der Waals surface area contributed by atoms with E-state index in [1.807, 2.05) is 0 Å². The van der Waals surface area contributed by atoms with Crippen molar-refractivity contribution in [3.8, 4) is 0 Å². The minimum Gasteiger partial charge on any atom is -0.478 e. The summed E-state index contributed by atoms with van der Waals surface area (Å²) in [7, 11) is 0. The highest BCUT2D eigenvalue weighted by Crippen LogP contribution is 1.81. The van der Waals surface area contributed by atoms with Gasteiger partial charge < -0.3 is 71.5 Å². The molecule has 0 aliphatic heterocycles. The van der Waals surface area contributed by atoms with E-state index in [1.165, 1.54) is 13.8 Å².